The summed E-state index contributed by atoms with van der Waals surface area (Å²) in [6, 6.07) is 0. The largest absolute Gasteiger partial charge is 0.469 e. The van der Waals surface area contributed by atoms with Gasteiger partial charge in [-0.05, 0) is 104 Å². The summed E-state index contributed by atoms with van der Waals surface area (Å²) >= 11 is 0. The third kappa shape index (κ3) is 5.06. The molecule has 11 nitrogen and oxygen atoms in total. The van der Waals surface area contributed by atoms with Gasteiger partial charge in [0, 0.05) is 0 Å². The fourth-order valence-corrected chi connectivity index (χ4v) is 12.6. The molecule has 0 aromatic rings. The van der Waals surface area contributed by atoms with E-state index in [0.717, 1.165) is 44.9 Å². The highest BCUT2D eigenvalue weighted by Gasteiger charge is 2.72. The molecule has 1 saturated heterocycles. The Balaban J connectivity index is 1.38. The molecule has 278 valence electrons. The molecule has 11 heteroatoms. The van der Waals surface area contributed by atoms with Crippen molar-refractivity contribution in [1.29, 1.82) is 0 Å². The van der Waals surface area contributed by atoms with E-state index in [0.29, 0.717) is 12.8 Å². The van der Waals surface area contributed by atoms with Gasteiger partial charge in [-0.15, -0.1) is 0 Å². The van der Waals surface area contributed by atoms with Crippen molar-refractivity contribution in [2.45, 2.75) is 142 Å². The lowest BCUT2D eigenvalue weighted by molar-refractivity contribution is -0.340. The average molecular weight is 693 g/mol. The second kappa shape index (κ2) is 12.2. The lowest BCUT2D eigenvalue weighted by atomic mass is 9.33. The van der Waals surface area contributed by atoms with E-state index < -0.39 is 71.7 Å². The van der Waals surface area contributed by atoms with Crippen LogP contribution in [0.3, 0.4) is 0 Å². The minimum absolute atomic E-state index is 0.0893. The van der Waals surface area contributed by atoms with Crippen LogP contribution in [0.1, 0.15) is 99.3 Å². The topological polar surface area (TPSA) is 172 Å². The van der Waals surface area contributed by atoms with Gasteiger partial charge < -0.3 is 44.5 Å². The predicted octanol–water partition coefficient (Wildman–Crippen LogP) is 3.27. The van der Waals surface area contributed by atoms with Crippen molar-refractivity contribution in [3.05, 3.63) is 11.6 Å². The Morgan fingerprint density at radius 1 is 0.837 bits per heavy atom. The quantitative estimate of drug-likeness (QED) is 0.163. The van der Waals surface area contributed by atoms with Gasteiger partial charge in [-0.3, -0.25) is 9.59 Å². The first-order valence-corrected chi connectivity index (χ1v) is 18.3. The van der Waals surface area contributed by atoms with Crippen LogP contribution in [0.5, 0.6) is 0 Å². The van der Waals surface area contributed by atoms with E-state index in [2.05, 4.69) is 40.7 Å². The lowest BCUT2D eigenvalue weighted by Gasteiger charge is -2.71. The van der Waals surface area contributed by atoms with Crippen LogP contribution in [0.15, 0.2) is 11.6 Å². The molecule has 0 bridgehead atoms. The number of rotatable bonds is 5. The Morgan fingerprint density at radius 2 is 1.49 bits per heavy atom. The Labute approximate surface area is 290 Å². The van der Waals surface area contributed by atoms with Crippen molar-refractivity contribution in [1.82, 2.24) is 0 Å². The first-order chi connectivity index (χ1) is 22.8. The van der Waals surface area contributed by atoms with Gasteiger partial charge in [-0.25, -0.2) is 0 Å². The maximum atomic E-state index is 14.0. The highest BCUT2D eigenvalue weighted by Crippen LogP contribution is 2.76. The van der Waals surface area contributed by atoms with Crippen LogP contribution in [0.25, 0.3) is 0 Å². The van der Waals surface area contributed by atoms with Crippen LogP contribution < -0.4 is 0 Å². The van der Waals surface area contributed by atoms with E-state index in [-0.39, 0.29) is 40.0 Å². The predicted molar refractivity (Wildman–Crippen MR) is 177 cm³/mol. The van der Waals surface area contributed by atoms with Gasteiger partial charge in [-0.1, -0.05) is 46.3 Å². The van der Waals surface area contributed by atoms with Crippen molar-refractivity contribution >= 4 is 11.9 Å². The molecule has 0 aromatic heterocycles. The number of fused-ring (bicyclic) bond motifs is 7. The number of carbonyl (C=O) groups is 2. The van der Waals surface area contributed by atoms with E-state index in [9.17, 15) is 35.1 Å². The smallest absolute Gasteiger partial charge is 0.314 e. The zero-order valence-corrected chi connectivity index (χ0v) is 30.6. The summed E-state index contributed by atoms with van der Waals surface area (Å²) in [6.45, 7) is 12.7. The molecule has 15 atom stereocenters. The fraction of sp³-hybridized carbons (Fsp3) is 0.895. The SMILES string of the molecule is COC(=O)[C@]12CCC(C)(C)C[C@H]1C1=CC[C@@H]3[C@@]4(C)C[C@H](O)[C@H](O[C@@H]5O[C@H](CO)[C@@H](O)[C@H](O)[C@H]5O)[C@@](C)(C(=O)OC)[C@@H]4CC[C@@]3(C)[C@]1(C)CC2. The Kier molecular flexibility index (Phi) is 9.28. The molecule has 5 fully saturated rings. The molecule has 1 heterocycles. The van der Waals surface area contributed by atoms with Crippen molar-refractivity contribution in [2.24, 2.45) is 50.2 Å². The normalized spacial score (nSPS) is 52.0. The molecule has 6 rings (SSSR count). The van der Waals surface area contributed by atoms with E-state index >= 15 is 0 Å². The summed E-state index contributed by atoms with van der Waals surface area (Å²) < 4.78 is 22.9. The molecule has 0 radical (unpaired) electrons. The molecule has 0 spiro atoms. The van der Waals surface area contributed by atoms with Gasteiger partial charge in [0.25, 0.3) is 0 Å². The summed E-state index contributed by atoms with van der Waals surface area (Å²) in [5.74, 6) is -0.702. The molecule has 5 aliphatic carbocycles. The van der Waals surface area contributed by atoms with Gasteiger partial charge in [0.1, 0.15) is 30.5 Å². The van der Waals surface area contributed by atoms with Crippen molar-refractivity contribution < 1.29 is 54.1 Å². The number of aliphatic hydroxyl groups is 5. The lowest BCUT2D eigenvalue weighted by Crippen LogP contribution is -2.70. The molecular formula is C38H60O11. The molecule has 0 unspecified atom stereocenters. The van der Waals surface area contributed by atoms with Crippen LogP contribution >= 0.6 is 0 Å². The average Bonchev–Trinajstić information content (AvgIpc) is 3.05. The summed E-state index contributed by atoms with van der Waals surface area (Å²) in [7, 11) is 2.83. The number of hydrogen-bond donors (Lipinski definition) is 5. The first-order valence-electron chi connectivity index (χ1n) is 18.3. The molecule has 6 aliphatic rings. The van der Waals surface area contributed by atoms with E-state index in [1.807, 2.05) is 0 Å². The fourth-order valence-electron chi connectivity index (χ4n) is 12.6. The molecule has 4 saturated carbocycles. The molecule has 0 amide bonds. The van der Waals surface area contributed by atoms with Crippen LogP contribution in [0.4, 0.5) is 0 Å². The molecule has 1 aliphatic heterocycles. The molecule has 0 aromatic carbocycles. The van der Waals surface area contributed by atoms with Gasteiger partial charge in [0.2, 0.25) is 0 Å². The monoisotopic (exact) mass is 692 g/mol. The van der Waals surface area contributed by atoms with Crippen LogP contribution in [0, 0.1) is 50.2 Å². The third-order valence-corrected chi connectivity index (χ3v) is 15.6. The van der Waals surface area contributed by atoms with Gasteiger partial charge in [0.05, 0.1) is 37.8 Å². The second-order valence-corrected chi connectivity index (χ2v) is 18.2. The summed E-state index contributed by atoms with van der Waals surface area (Å²) in [6.07, 6.45) is -0.570. The number of methoxy groups -OCH3 is 2. The van der Waals surface area contributed by atoms with Gasteiger partial charge in [-0.2, -0.15) is 0 Å². The van der Waals surface area contributed by atoms with Crippen LogP contribution in [-0.2, 0) is 28.5 Å². The minimum atomic E-state index is -1.68. The minimum Gasteiger partial charge on any atom is -0.469 e. The number of esters is 2. The maximum Gasteiger partial charge on any atom is 0.314 e. The Morgan fingerprint density at radius 3 is 2.12 bits per heavy atom. The van der Waals surface area contributed by atoms with Gasteiger partial charge in [0.15, 0.2) is 6.29 Å². The highest BCUT2D eigenvalue weighted by molar-refractivity contribution is 5.79. The first kappa shape index (κ1) is 37.2. The number of allylic oxidation sites excluding steroid dienone is 2. The van der Waals surface area contributed by atoms with Crippen molar-refractivity contribution in [3.63, 3.8) is 0 Å². The zero-order valence-electron chi connectivity index (χ0n) is 30.6. The summed E-state index contributed by atoms with van der Waals surface area (Å²) in [4.78, 5) is 27.6. The number of hydrogen-bond acceptors (Lipinski definition) is 11. The van der Waals surface area contributed by atoms with Crippen LogP contribution in [0.2, 0.25) is 0 Å². The number of aliphatic hydroxyl groups excluding tert-OH is 5. The maximum absolute atomic E-state index is 14.0. The summed E-state index contributed by atoms with van der Waals surface area (Å²) in [5.41, 5.74) is -1.28. The Hall–Kier alpha value is -1.60. The standard InChI is InChI=1S/C38H60O11/c1-33(2)13-15-38(32(45)47-8)16-14-35(4)20(21(38)17-33)9-10-24-34(3)18-22(40)29(49-30-28(43)27(42)26(41)23(19-39)48-30)37(6,31(44)46-7)25(34)11-12-36(24,35)5/h9,21-30,39-43H,10-19H2,1-8H3/t21-,22-,23+,24+,25+,26+,27-,28+,29-,30-,34+,35+,36+,37-,38-/m0/s1. The third-order valence-electron chi connectivity index (χ3n) is 15.6. The molecule has 5 N–H and O–H groups in total. The van der Waals surface area contributed by atoms with E-state index in [1.54, 1.807) is 6.92 Å². The zero-order chi connectivity index (χ0) is 36.1. The van der Waals surface area contributed by atoms with Crippen molar-refractivity contribution in [2.75, 3.05) is 20.8 Å². The van der Waals surface area contributed by atoms with E-state index in [4.69, 9.17) is 18.9 Å². The Bertz CT molecular complexity index is 1350. The van der Waals surface area contributed by atoms with Crippen molar-refractivity contribution in [3.8, 4) is 0 Å². The van der Waals surface area contributed by atoms with Crippen LogP contribution in [-0.4, -0.2) is 101 Å². The van der Waals surface area contributed by atoms with Gasteiger partial charge >= 0.3 is 11.9 Å². The number of carbonyl (C=O) groups excluding carboxylic acids is 2. The highest BCUT2D eigenvalue weighted by atomic mass is 16.7. The van der Waals surface area contributed by atoms with E-state index in [1.165, 1.54) is 19.8 Å². The molecular weight excluding hydrogens is 632 g/mol. The summed E-state index contributed by atoms with van der Waals surface area (Å²) in [5, 5.41) is 53.4. The second-order valence-electron chi connectivity index (χ2n) is 18.2. The number of ether oxygens (including phenoxy) is 4. The molecule has 49 heavy (non-hydrogen) atoms.